The van der Waals surface area contributed by atoms with Crippen LogP contribution in [0.15, 0.2) is 18.2 Å². The molecule has 0 saturated carbocycles. The van der Waals surface area contributed by atoms with Crippen LogP contribution in [-0.4, -0.2) is 23.3 Å². The number of halogens is 1. The number of ether oxygens (including phenoxy) is 3. The van der Waals surface area contributed by atoms with Gasteiger partial charge in [-0.1, -0.05) is 35.6 Å². The van der Waals surface area contributed by atoms with Crippen molar-refractivity contribution in [3.63, 3.8) is 0 Å². The van der Waals surface area contributed by atoms with Crippen molar-refractivity contribution in [2.24, 2.45) is 5.92 Å². The number of hydrogen-bond acceptors (Lipinski definition) is 4. The van der Waals surface area contributed by atoms with Gasteiger partial charge < -0.3 is 14.2 Å². The quantitative estimate of drug-likeness (QED) is 0.462. The predicted molar refractivity (Wildman–Crippen MR) is 73.2 cm³/mol. The summed E-state index contributed by atoms with van der Waals surface area (Å²) in [5.41, 5.74) is 1.08. The highest BCUT2D eigenvalue weighted by atomic mass is 127. The Morgan fingerprint density at radius 1 is 1.33 bits per heavy atom. The molecule has 2 aliphatic heterocycles. The Balaban J connectivity index is 1.96. The van der Waals surface area contributed by atoms with E-state index in [0.29, 0.717) is 0 Å². The second-order valence-electron chi connectivity index (χ2n) is 4.56. The van der Waals surface area contributed by atoms with Gasteiger partial charge in [-0.2, -0.15) is 0 Å². The van der Waals surface area contributed by atoms with Crippen molar-refractivity contribution >= 4 is 28.6 Å². The van der Waals surface area contributed by atoms with Crippen molar-refractivity contribution in [3.05, 3.63) is 23.8 Å². The second kappa shape index (κ2) is 4.60. The Morgan fingerprint density at radius 2 is 2.11 bits per heavy atom. The van der Waals surface area contributed by atoms with E-state index >= 15 is 0 Å². The lowest BCUT2D eigenvalue weighted by atomic mass is 9.86. The van der Waals surface area contributed by atoms with Crippen molar-refractivity contribution in [2.45, 2.75) is 18.9 Å². The average molecular weight is 360 g/mol. The third kappa shape index (κ3) is 1.84. The van der Waals surface area contributed by atoms with Gasteiger partial charge in [0.05, 0.1) is 5.92 Å². The van der Waals surface area contributed by atoms with Crippen molar-refractivity contribution in [1.29, 1.82) is 0 Å². The summed E-state index contributed by atoms with van der Waals surface area (Å²) in [6.07, 6.45) is -0.0477. The monoisotopic (exact) mass is 360 g/mol. The highest BCUT2D eigenvalue weighted by Gasteiger charge is 2.42. The van der Waals surface area contributed by atoms with Crippen LogP contribution in [0, 0.1) is 5.92 Å². The molecule has 0 bridgehead atoms. The molecule has 1 aromatic rings. The molecule has 0 amide bonds. The first-order chi connectivity index (χ1) is 8.70. The number of carbonyl (C=O) groups excluding carboxylic acids is 1. The zero-order valence-electron chi connectivity index (χ0n) is 9.89. The summed E-state index contributed by atoms with van der Waals surface area (Å²) in [5.74, 6) is 1.40. The van der Waals surface area contributed by atoms with E-state index in [1.807, 2.05) is 25.1 Å². The standard InChI is InChI=1S/C13H13IO4/c1-7-12(11(5-14)18-13(7)15)8-2-3-9-10(4-8)17-6-16-9/h2-4,7,11-12H,5-6H2,1H3/t7-,11-,12+/m0/s1. The van der Waals surface area contributed by atoms with Gasteiger partial charge in [0.15, 0.2) is 11.5 Å². The van der Waals surface area contributed by atoms with Gasteiger partial charge in [-0.3, -0.25) is 4.79 Å². The van der Waals surface area contributed by atoms with Crippen molar-refractivity contribution in [1.82, 2.24) is 0 Å². The number of esters is 1. The first kappa shape index (κ1) is 12.1. The molecule has 0 spiro atoms. The third-order valence-electron chi connectivity index (χ3n) is 3.51. The lowest BCUT2D eigenvalue weighted by Gasteiger charge is -2.18. The molecule has 3 rings (SSSR count). The molecule has 0 radical (unpaired) electrons. The number of alkyl halides is 1. The van der Waals surface area contributed by atoms with E-state index in [9.17, 15) is 4.79 Å². The Morgan fingerprint density at radius 3 is 2.89 bits per heavy atom. The van der Waals surface area contributed by atoms with Crippen molar-refractivity contribution in [3.8, 4) is 11.5 Å². The molecule has 2 heterocycles. The van der Waals surface area contributed by atoms with Crippen LogP contribution < -0.4 is 9.47 Å². The van der Waals surface area contributed by atoms with Gasteiger partial charge in [0.1, 0.15) is 6.10 Å². The number of fused-ring (bicyclic) bond motifs is 1. The van der Waals surface area contributed by atoms with Gasteiger partial charge in [0.25, 0.3) is 0 Å². The van der Waals surface area contributed by atoms with E-state index in [4.69, 9.17) is 14.2 Å². The van der Waals surface area contributed by atoms with E-state index in [1.165, 1.54) is 0 Å². The molecule has 1 saturated heterocycles. The fourth-order valence-electron chi connectivity index (χ4n) is 2.55. The average Bonchev–Trinajstić information content (AvgIpc) is 2.94. The molecule has 0 aliphatic carbocycles. The summed E-state index contributed by atoms with van der Waals surface area (Å²) in [4.78, 5) is 11.7. The first-order valence-corrected chi connectivity index (χ1v) is 7.39. The van der Waals surface area contributed by atoms with Crippen molar-refractivity contribution < 1.29 is 19.0 Å². The predicted octanol–water partition coefficient (Wildman–Crippen LogP) is 2.50. The molecule has 1 fully saturated rings. The summed E-state index contributed by atoms with van der Waals surface area (Å²) in [7, 11) is 0. The van der Waals surface area contributed by atoms with Gasteiger partial charge in [-0.05, 0) is 17.7 Å². The maximum absolute atomic E-state index is 11.7. The lowest BCUT2D eigenvalue weighted by molar-refractivity contribution is -0.143. The highest BCUT2D eigenvalue weighted by Crippen LogP contribution is 2.41. The van der Waals surface area contributed by atoms with Gasteiger partial charge in [0, 0.05) is 10.3 Å². The molecule has 2 aliphatic rings. The fraction of sp³-hybridized carbons (Fsp3) is 0.462. The highest BCUT2D eigenvalue weighted by molar-refractivity contribution is 14.1. The number of benzene rings is 1. The summed E-state index contributed by atoms with van der Waals surface area (Å²) in [6.45, 7) is 2.19. The Bertz CT molecular complexity index is 488. The zero-order valence-corrected chi connectivity index (χ0v) is 12.0. The van der Waals surface area contributed by atoms with E-state index in [2.05, 4.69) is 22.6 Å². The van der Waals surface area contributed by atoms with E-state index in [-0.39, 0.29) is 30.7 Å². The number of cyclic esters (lactones) is 1. The van der Waals surface area contributed by atoms with E-state index in [0.717, 1.165) is 21.5 Å². The minimum atomic E-state index is -0.112. The molecule has 0 unspecified atom stereocenters. The van der Waals surface area contributed by atoms with Gasteiger partial charge in [0.2, 0.25) is 6.79 Å². The zero-order chi connectivity index (χ0) is 12.7. The first-order valence-electron chi connectivity index (χ1n) is 5.86. The maximum Gasteiger partial charge on any atom is 0.309 e. The number of rotatable bonds is 2. The second-order valence-corrected chi connectivity index (χ2v) is 5.44. The molecule has 4 nitrogen and oxygen atoms in total. The molecular weight excluding hydrogens is 347 g/mol. The van der Waals surface area contributed by atoms with Gasteiger partial charge >= 0.3 is 5.97 Å². The maximum atomic E-state index is 11.7. The van der Waals surface area contributed by atoms with Crippen LogP contribution in [0.25, 0.3) is 0 Å². The number of carbonyl (C=O) groups is 1. The van der Waals surface area contributed by atoms with Gasteiger partial charge in [-0.25, -0.2) is 0 Å². The molecule has 0 N–H and O–H groups in total. The summed E-state index contributed by atoms with van der Waals surface area (Å²) < 4.78 is 16.9. The summed E-state index contributed by atoms with van der Waals surface area (Å²) in [5, 5.41) is 0. The fourth-order valence-corrected chi connectivity index (χ4v) is 3.28. The topological polar surface area (TPSA) is 44.8 Å². The van der Waals surface area contributed by atoms with Crippen LogP contribution in [0.2, 0.25) is 0 Å². The molecule has 5 heteroatoms. The molecule has 3 atom stereocenters. The summed E-state index contributed by atoms with van der Waals surface area (Å²) >= 11 is 2.26. The Labute approximate surface area is 119 Å². The van der Waals surface area contributed by atoms with Crippen LogP contribution >= 0.6 is 22.6 Å². The molecule has 1 aromatic carbocycles. The molecular formula is C13H13IO4. The molecule has 96 valence electrons. The third-order valence-corrected chi connectivity index (χ3v) is 4.38. The number of hydrogen-bond donors (Lipinski definition) is 0. The van der Waals surface area contributed by atoms with Crippen LogP contribution in [0.1, 0.15) is 18.4 Å². The van der Waals surface area contributed by atoms with E-state index < -0.39 is 0 Å². The van der Waals surface area contributed by atoms with Crippen LogP contribution in [0.4, 0.5) is 0 Å². The minimum absolute atomic E-state index is 0.0477. The molecule has 18 heavy (non-hydrogen) atoms. The van der Waals surface area contributed by atoms with Crippen molar-refractivity contribution in [2.75, 3.05) is 11.2 Å². The van der Waals surface area contributed by atoms with Crippen LogP contribution in [0.5, 0.6) is 11.5 Å². The molecule has 0 aromatic heterocycles. The SMILES string of the molecule is C[C@@H]1C(=O)O[C@@H](CI)[C@H]1c1ccc2c(c1)OCO2. The minimum Gasteiger partial charge on any atom is -0.461 e. The Hall–Kier alpha value is -0.980. The largest absolute Gasteiger partial charge is 0.461 e. The van der Waals surface area contributed by atoms with Gasteiger partial charge in [-0.15, -0.1) is 0 Å². The smallest absolute Gasteiger partial charge is 0.309 e. The lowest BCUT2D eigenvalue weighted by Crippen LogP contribution is -2.18. The summed E-state index contributed by atoms with van der Waals surface area (Å²) in [6, 6.07) is 5.86. The Kier molecular flexibility index (Phi) is 3.09. The van der Waals surface area contributed by atoms with E-state index in [1.54, 1.807) is 0 Å². The van der Waals surface area contributed by atoms with Crippen LogP contribution in [-0.2, 0) is 9.53 Å². The normalized spacial score (nSPS) is 29.4. The van der Waals surface area contributed by atoms with Crippen LogP contribution in [0.3, 0.4) is 0 Å².